The lowest BCUT2D eigenvalue weighted by Gasteiger charge is -2.36. The average molecular weight is 473 g/mol. The average Bonchev–Trinajstić information content (AvgIpc) is 3.10. The third-order valence-electron chi connectivity index (χ3n) is 6.68. The number of hydrogen-bond acceptors (Lipinski definition) is 7. The molecule has 0 bridgehead atoms. The summed E-state index contributed by atoms with van der Waals surface area (Å²) in [6, 6.07) is 8.36. The molecule has 1 aromatic carbocycles. The lowest BCUT2D eigenvalue weighted by Crippen LogP contribution is -2.55. The van der Waals surface area contributed by atoms with Gasteiger partial charge in [-0.15, -0.1) is 0 Å². The molecule has 3 aliphatic heterocycles. The Labute approximate surface area is 198 Å². The Bertz CT molecular complexity index is 914. The maximum Gasteiger partial charge on any atom is 0.344 e. The molecule has 0 saturated carbocycles. The quantitative estimate of drug-likeness (QED) is 0.507. The summed E-state index contributed by atoms with van der Waals surface area (Å²) in [4.78, 5) is 56.7. The molecule has 4 rings (SSSR count). The van der Waals surface area contributed by atoms with Crippen LogP contribution in [0, 0.1) is 0 Å². The molecular formula is C23H32N6O5. The molecule has 1 atom stereocenters. The van der Waals surface area contributed by atoms with Crippen LogP contribution in [0.5, 0.6) is 0 Å². The van der Waals surface area contributed by atoms with Crippen LogP contribution in [-0.4, -0.2) is 109 Å². The highest BCUT2D eigenvalue weighted by atomic mass is 16.5. The van der Waals surface area contributed by atoms with Gasteiger partial charge < -0.3 is 15.0 Å². The van der Waals surface area contributed by atoms with Gasteiger partial charge in [-0.25, -0.2) is 4.79 Å². The molecule has 34 heavy (non-hydrogen) atoms. The number of nitrogens with one attached hydrogen (secondary N) is 2. The second-order valence-corrected chi connectivity index (χ2v) is 8.78. The number of urea groups is 1. The third kappa shape index (κ3) is 5.06. The van der Waals surface area contributed by atoms with Crippen LogP contribution in [0.3, 0.4) is 0 Å². The summed E-state index contributed by atoms with van der Waals surface area (Å²) >= 11 is 0. The van der Waals surface area contributed by atoms with Gasteiger partial charge in [0.05, 0.1) is 26.3 Å². The smallest absolute Gasteiger partial charge is 0.344 e. The monoisotopic (exact) mass is 472 g/mol. The van der Waals surface area contributed by atoms with Gasteiger partial charge in [-0.3, -0.25) is 29.6 Å². The van der Waals surface area contributed by atoms with Crippen LogP contribution in [0.15, 0.2) is 30.3 Å². The fourth-order valence-electron chi connectivity index (χ4n) is 4.61. The predicted octanol–water partition coefficient (Wildman–Crippen LogP) is -0.649. The molecular weight excluding hydrogens is 440 g/mol. The van der Waals surface area contributed by atoms with Gasteiger partial charge in [0.25, 0.3) is 11.8 Å². The van der Waals surface area contributed by atoms with E-state index in [4.69, 9.17) is 4.74 Å². The molecule has 0 spiro atoms. The van der Waals surface area contributed by atoms with Crippen LogP contribution in [0.2, 0.25) is 0 Å². The van der Waals surface area contributed by atoms with Gasteiger partial charge >= 0.3 is 6.03 Å². The zero-order valence-corrected chi connectivity index (χ0v) is 19.5. The molecule has 3 heterocycles. The van der Waals surface area contributed by atoms with Crippen LogP contribution in [0.4, 0.5) is 4.79 Å². The zero-order valence-electron chi connectivity index (χ0n) is 19.5. The SMILES string of the molecule is CCC1(c2ccccc2)NC(=O)N(NC(=O)CN2CCN(C(=O)CN3CCOCC3)CC2)C1=O. The van der Waals surface area contributed by atoms with Crippen molar-refractivity contribution < 1.29 is 23.9 Å². The summed E-state index contributed by atoms with van der Waals surface area (Å²) in [5.41, 5.74) is 1.94. The van der Waals surface area contributed by atoms with Crippen LogP contribution >= 0.6 is 0 Å². The number of carbonyl (C=O) groups is 4. The molecule has 3 fully saturated rings. The number of rotatable bonds is 7. The van der Waals surface area contributed by atoms with Crippen LogP contribution in [0.1, 0.15) is 18.9 Å². The van der Waals surface area contributed by atoms with Crippen LogP contribution in [0.25, 0.3) is 0 Å². The largest absolute Gasteiger partial charge is 0.379 e. The molecule has 0 radical (unpaired) electrons. The van der Waals surface area contributed by atoms with Gasteiger partial charge in [0.1, 0.15) is 5.54 Å². The first-order valence-electron chi connectivity index (χ1n) is 11.7. The predicted molar refractivity (Wildman–Crippen MR) is 122 cm³/mol. The minimum atomic E-state index is -1.20. The van der Waals surface area contributed by atoms with Crippen molar-refractivity contribution in [2.24, 2.45) is 0 Å². The van der Waals surface area contributed by atoms with E-state index < -0.39 is 23.4 Å². The molecule has 11 heteroatoms. The number of carbonyl (C=O) groups excluding carboxylic acids is 4. The number of hydrogen-bond donors (Lipinski definition) is 2. The maximum absolute atomic E-state index is 13.1. The lowest BCUT2D eigenvalue weighted by atomic mass is 9.87. The van der Waals surface area contributed by atoms with E-state index in [1.165, 1.54) is 0 Å². The Morgan fingerprint density at radius 3 is 2.26 bits per heavy atom. The highest BCUT2D eigenvalue weighted by Crippen LogP contribution is 2.31. The normalized spacial score (nSPS) is 24.3. The first kappa shape index (κ1) is 24.1. The lowest BCUT2D eigenvalue weighted by molar-refractivity contribution is -0.140. The topological polar surface area (TPSA) is 115 Å². The van der Waals surface area contributed by atoms with E-state index in [9.17, 15) is 19.2 Å². The van der Waals surface area contributed by atoms with Crippen molar-refractivity contribution in [1.82, 2.24) is 30.5 Å². The van der Waals surface area contributed by atoms with Crippen molar-refractivity contribution in [3.05, 3.63) is 35.9 Å². The zero-order chi connectivity index (χ0) is 24.1. The first-order chi connectivity index (χ1) is 16.4. The second-order valence-electron chi connectivity index (χ2n) is 8.78. The number of ether oxygens (including phenoxy) is 1. The molecule has 3 aliphatic rings. The maximum atomic E-state index is 13.1. The molecule has 184 valence electrons. The molecule has 0 aromatic heterocycles. The van der Waals surface area contributed by atoms with Crippen LogP contribution < -0.4 is 10.7 Å². The highest BCUT2D eigenvalue weighted by molar-refractivity contribution is 6.08. The number of imide groups is 1. The molecule has 5 amide bonds. The number of morpholine rings is 1. The van der Waals surface area contributed by atoms with E-state index in [-0.39, 0.29) is 12.5 Å². The van der Waals surface area contributed by atoms with Crippen molar-refractivity contribution in [2.75, 3.05) is 65.6 Å². The standard InChI is InChI=1S/C23H32N6O5/c1-2-23(18-6-4-3-5-7-18)21(32)29(22(33)24-23)25-19(30)16-26-8-10-28(11-9-26)20(31)17-27-12-14-34-15-13-27/h3-7H,2,8-17H2,1H3,(H,24,33)(H,25,30). The molecule has 2 N–H and O–H groups in total. The number of nitrogens with zero attached hydrogens (tertiary/aromatic N) is 4. The Morgan fingerprint density at radius 2 is 1.62 bits per heavy atom. The van der Waals surface area contributed by atoms with E-state index >= 15 is 0 Å². The summed E-state index contributed by atoms with van der Waals surface area (Å²) in [5.74, 6) is -0.864. The van der Waals surface area contributed by atoms with Crippen molar-refractivity contribution in [2.45, 2.75) is 18.9 Å². The van der Waals surface area contributed by atoms with Crippen molar-refractivity contribution in [3.8, 4) is 0 Å². The fourth-order valence-corrected chi connectivity index (χ4v) is 4.61. The van der Waals surface area contributed by atoms with E-state index in [0.29, 0.717) is 57.9 Å². The number of hydrazine groups is 1. The summed E-state index contributed by atoms with van der Waals surface area (Å²) in [6.07, 6.45) is 0.356. The Kier molecular flexibility index (Phi) is 7.44. The van der Waals surface area contributed by atoms with E-state index in [2.05, 4.69) is 15.6 Å². The van der Waals surface area contributed by atoms with Gasteiger partial charge in [0, 0.05) is 39.3 Å². The fraction of sp³-hybridized carbons (Fsp3) is 0.565. The number of piperazine rings is 1. The number of benzene rings is 1. The highest BCUT2D eigenvalue weighted by Gasteiger charge is 2.52. The summed E-state index contributed by atoms with van der Waals surface area (Å²) in [5, 5.41) is 3.53. The molecule has 0 aliphatic carbocycles. The minimum absolute atomic E-state index is 0.0347. The third-order valence-corrected chi connectivity index (χ3v) is 6.68. The molecule has 1 unspecified atom stereocenters. The molecule has 11 nitrogen and oxygen atoms in total. The molecule has 3 saturated heterocycles. The van der Waals surface area contributed by atoms with Gasteiger partial charge in [-0.05, 0) is 12.0 Å². The summed E-state index contributed by atoms with van der Waals surface area (Å²) in [6.45, 7) is 7.23. The Morgan fingerprint density at radius 1 is 0.971 bits per heavy atom. The van der Waals surface area contributed by atoms with E-state index in [1.54, 1.807) is 24.3 Å². The van der Waals surface area contributed by atoms with Crippen molar-refractivity contribution in [3.63, 3.8) is 0 Å². The Hall–Kier alpha value is -3.02. The van der Waals surface area contributed by atoms with Gasteiger partial charge in [-0.1, -0.05) is 37.3 Å². The van der Waals surface area contributed by atoms with Crippen molar-refractivity contribution in [1.29, 1.82) is 0 Å². The van der Waals surface area contributed by atoms with Gasteiger partial charge in [-0.2, -0.15) is 5.01 Å². The summed E-state index contributed by atoms with van der Waals surface area (Å²) in [7, 11) is 0. The second kappa shape index (κ2) is 10.5. The van der Waals surface area contributed by atoms with E-state index in [0.717, 1.165) is 18.1 Å². The Balaban J connectivity index is 1.27. The number of amides is 5. The van der Waals surface area contributed by atoms with Gasteiger partial charge in [0.15, 0.2) is 0 Å². The van der Waals surface area contributed by atoms with E-state index in [1.807, 2.05) is 22.8 Å². The first-order valence-corrected chi connectivity index (χ1v) is 11.7. The van der Waals surface area contributed by atoms with Crippen molar-refractivity contribution >= 4 is 23.8 Å². The van der Waals surface area contributed by atoms with Gasteiger partial charge in [0.2, 0.25) is 5.91 Å². The summed E-state index contributed by atoms with van der Waals surface area (Å²) < 4.78 is 5.32. The molecule has 1 aromatic rings. The minimum Gasteiger partial charge on any atom is -0.379 e. The van der Waals surface area contributed by atoms with Crippen LogP contribution in [-0.2, 0) is 24.7 Å².